The van der Waals surface area contributed by atoms with E-state index >= 15 is 0 Å². The van der Waals surface area contributed by atoms with Gasteiger partial charge in [-0.05, 0) is 0 Å². The fourth-order valence-corrected chi connectivity index (χ4v) is 2.98. The molecule has 20 heavy (non-hydrogen) atoms. The summed E-state index contributed by atoms with van der Waals surface area (Å²) in [6.45, 7) is -0.394. The molecular formula is C10H10ClIN4O4. The second kappa shape index (κ2) is 5.31. The number of hydrogen-bond acceptors (Lipinski definition) is 7. The topological polar surface area (TPSA) is 114 Å². The highest BCUT2D eigenvalue weighted by Gasteiger charge is 2.44. The van der Waals surface area contributed by atoms with Crippen LogP contribution < -0.4 is 0 Å². The van der Waals surface area contributed by atoms with Gasteiger partial charge in [0.25, 0.3) is 0 Å². The molecule has 3 heterocycles. The third kappa shape index (κ3) is 2.18. The molecule has 0 spiro atoms. The Balaban J connectivity index is 2.07. The Labute approximate surface area is 131 Å². The van der Waals surface area contributed by atoms with Crippen LogP contribution in [0.3, 0.4) is 0 Å². The lowest BCUT2D eigenvalue weighted by molar-refractivity contribution is -0.0511. The molecule has 3 rings (SSSR count). The van der Waals surface area contributed by atoms with E-state index in [0.29, 0.717) is 15.0 Å². The van der Waals surface area contributed by atoms with Crippen molar-refractivity contribution < 1.29 is 20.1 Å². The predicted octanol–water partition coefficient (Wildman–Crippen LogP) is -0.304. The summed E-state index contributed by atoms with van der Waals surface area (Å²) in [7, 11) is 0. The molecule has 0 saturated carbocycles. The third-order valence-electron chi connectivity index (χ3n) is 3.14. The number of hydrogen-bond donors (Lipinski definition) is 3. The number of rotatable bonds is 2. The number of imidazole rings is 1. The molecule has 3 N–H and O–H groups in total. The van der Waals surface area contributed by atoms with Gasteiger partial charge in [0, 0.05) is 22.6 Å². The van der Waals surface area contributed by atoms with Crippen molar-refractivity contribution in [2.24, 2.45) is 0 Å². The van der Waals surface area contributed by atoms with Crippen molar-refractivity contribution >= 4 is 45.4 Å². The molecule has 0 bridgehead atoms. The number of ether oxygens (including phenoxy) is 1. The Kier molecular flexibility index (Phi) is 3.81. The lowest BCUT2D eigenvalue weighted by Crippen LogP contribution is -2.33. The largest absolute Gasteiger partial charge is 0.394 e. The molecule has 1 saturated heterocycles. The summed E-state index contributed by atoms with van der Waals surface area (Å²) in [5.41, 5.74) is 0.772. The summed E-state index contributed by atoms with van der Waals surface area (Å²) in [6.07, 6.45) is -2.73. The maximum Gasteiger partial charge on any atom is 0.194 e. The Morgan fingerprint density at radius 2 is 2.10 bits per heavy atom. The smallest absolute Gasteiger partial charge is 0.194 e. The van der Waals surface area contributed by atoms with Crippen LogP contribution in [0.4, 0.5) is 0 Å². The molecule has 2 aromatic rings. The first-order valence-corrected chi connectivity index (χ1v) is 7.16. The summed E-state index contributed by atoms with van der Waals surface area (Å²) in [5.74, 6) is 0. The lowest BCUT2D eigenvalue weighted by Gasteiger charge is -2.16. The first-order chi connectivity index (χ1) is 9.52. The maximum absolute atomic E-state index is 10.0. The van der Waals surface area contributed by atoms with Crippen LogP contribution in [0.15, 0.2) is 6.33 Å². The van der Waals surface area contributed by atoms with Gasteiger partial charge in [0.1, 0.15) is 23.8 Å². The normalized spacial score (nSPS) is 30.2. The third-order valence-corrected chi connectivity index (χ3v) is 3.89. The van der Waals surface area contributed by atoms with Gasteiger partial charge in [0.15, 0.2) is 20.9 Å². The molecule has 108 valence electrons. The van der Waals surface area contributed by atoms with Gasteiger partial charge in [-0.2, -0.15) is 0 Å². The van der Waals surface area contributed by atoms with Crippen molar-refractivity contribution in [3.8, 4) is 0 Å². The lowest BCUT2D eigenvalue weighted by atomic mass is 10.1. The molecule has 0 amide bonds. The van der Waals surface area contributed by atoms with Crippen LogP contribution in [0.1, 0.15) is 6.23 Å². The molecule has 1 aliphatic rings. The van der Waals surface area contributed by atoms with E-state index in [1.54, 1.807) is 0 Å². The van der Waals surface area contributed by atoms with Crippen LogP contribution >= 0.6 is 34.2 Å². The Bertz CT molecular complexity index is 653. The van der Waals surface area contributed by atoms with Crippen LogP contribution in [0.5, 0.6) is 0 Å². The zero-order valence-electron chi connectivity index (χ0n) is 9.89. The first kappa shape index (κ1) is 14.4. The first-order valence-electron chi connectivity index (χ1n) is 5.71. The Morgan fingerprint density at radius 1 is 1.35 bits per heavy atom. The van der Waals surface area contributed by atoms with E-state index in [1.807, 2.05) is 22.6 Å². The van der Waals surface area contributed by atoms with Crippen LogP contribution in [0.25, 0.3) is 11.2 Å². The highest BCUT2D eigenvalue weighted by molar-refractivity contribution is 14.1. The number of fused-ring (bicyclic) bond motifs is 1. The quantitative estimate of drug-likeness (QED) is 0.352. The van der Waals surface area contributed by atoms with E-state index in [4.69, 9.17) is 21.4 Å². The number of aromatic nitrogens is 4. The number of nitrogens with zero attached hydrogens (tertiary/aromatic N) is 4. The Morgan fingerprint density at radius 3 is 2.75 bits per heavy atom. The van der Waals surface area contributed by atoms with Crippen molar-refractivity contribution in [2.45, 2.75) is 24.5 Å². The minimum absolute atomic E-state index is 0.199. The summed E-state index contributed by atoms with van der Waals surface area (Å²) >= 11 is 7.89. The summed E-state index contributed by atoms with van der Waals surface area (Å²) in [6, 6.07) is 0. The van der Waals surface area contributed by atoms with E-state index in [0.717, 1.165) is 0 Å². The molecule has 1 fully saturated rings. The molecule has 2 aromatic heterocycles. The van der Waals surface area contributed by atoms with E-state index < -0.39 is 31.1 Å². The summed E-state index contributed by atoms with van der Waals surface area (Å²) < 4.78 is 7.33. The Hall–Kier alpha value is -0.590. The van der Waals surface area contributed by atoms with Crippen molar-refractivity contribution in [1.82, 2.24) is 19.5 Å². The molecule has 0 aliphatic carbocycles. The van der Waals surface area contributed by atoms with E-state index in [1.165, 1.54) is 10.9 Å². The summed E-state index contributed by atoms with van der Waals surface area (Å²) in [5, 5.41) is 29.1. The van der Waals surface area contributed by atoms with Gasteiger partial charge < -0.3 is 20.1 Å². The highest BCUT2D eigenvalue weighted by atomic mass is 127. The number of aliphatic hydroxyl groups is 3. The monoisotopic (exact) mass is 412 g/mol. The van der Waals surface area contributed by atoms with Crippen molar-refractivity contribution in [2.75, 3.05) is 6.61 Å². The molecule has 8 nitrogen and oxygen atoms in total. The predicted molar refractivity (Wildman–Crippen MR) is 76.1 cm³/mol. The highest BCUT2D eigenvalue weighted by Crippen LogP contribution is 2.32. The minimum atomic E-state index is -1.20. The zero-order chi connectivity index (χ0) is 14.4. The van der Waals surface area contributed by atoms with E-state index in [2.05, 4.69) is 15.0 Å². The fraction of sp³-hybridized carbons (Fsp3) is 0.500. The summed E-state index contributed by atoms with van der Waals surface area (Å²) in [4.78, 5) is 12.3. The van der Waals surface area contributed by atoms with E-state index in [-0.39, 0.29) is 5.15 Å². The van der Waals surface area contributed by atoms with Gasteiger partial charge in [0.05, 0.1) is 12.9 Å². The molecule has 1 aliphatic heterocycles. The number of halogens is 2. The van der Waals surface area contributed by atoms with Gasteiger partial charge in [0.2, 0.25) is 0 Å². The average molecular weight is 413 g/mol. The second-order valence-electron chi connectivity index (χ2n) is 4.34. The molecular weight excluding hydrogens is 402 g/mol. The van der Waals surface area contributed by atoms with Gasteiger partial charge in [-0.25, -0.2) is 15.0 Å². The molecule has 10 heteroatoms. The second-order valence-corrected chi connectivity index (χ2v) is 5.66. The van der Waals surface area contributed by atoms with Gasteiger partial charge >= 0.3 is 0 Å². The molecule has 0 radical (unpaired) electrons. The average Bonchev–Trinajstić information content (AvgIpc) is 2.93. The van der Waals surface area contributed by atoms with Crippen LogP contribution in [-0.2, 0) is 4.74 Å². The standard InChI is InChI=1S/C10H10ClIN4O4/c11-7-4-8(15-10(12)14-7)16(2-13-4)9-6(19)5(18)3(1-17)20-9/h2-3,5-6,9,17-19H,1H2/t3-,5-,6-,9-/m1/s1. The SMILES string of the molecule is OC[C@H]1O[C@@H](n2cnc3c(Cl)nc(I)nc32)[C@H](O)[C@@H]1O. The molecule has 0 aromatic carbocycles. The molecule has 0 unspecified atom stereocenters. The van der Waals surface area contributed by atoms with Crippen molar-refractivity contribution in [3.63, 3.8) is 0 Å². The van der Waals surface area contributed by atoms with Crippen molar-refractivity contribution in [1.29, 1.82) is 0 Å². The van der Waals surface area contributed by atoms with Gasteiger partial charge in [-0.1, -0.05) is 11.6 Å². The van der Waals surface area contributed by atoms with Gasteiger partial charge in [-0.15, -0.1) is 0 Å². The van der Waals surface area contributed by atoms with Crippen LogP contribution in [0, 0.1) is 3.83 Å². The maximum atomic E-state index is 10.0. The number of aliphatic hydroxyl groups excluding tert-OH is 3. The van der Waals surface area contributed by atoms with Crippen LogP contribution in [0.2, 0.25) is 5.15 Å². The minimum Gasteiger partial charge on any atom is -0.394 e. The molecule has 4 atom stereocenters. The fourth-order valence-electron chi connectivity index (χ4n) is 2.15. The zero-order valence-corrected chi connectivity index (χ0v) is 12.8. The van der Waals surface area contributed by atoms with Crippen molar-refractivity contribution in [3.05, 3.63) is 15.3 Å². The van der Waals surface area contributed by atoms with E-state index in [9.17, 15) is 10.2 Å². The van der Waals surface area contributed by atoms with Crippen LogP contribution in [-0.4, -0.2) is 59.8 Å². The van der Waals surface area contributed by atoms with Gasteiger partial charge in [-0.3, -0.25) is 4.57 Å².